The smallest absolute Gasteiger partial charge is 0.238 e. The van der Waals surface area contributed by atoms with E-state index in [0.29, 0.717) is 29.7 Å². The van der Waals surface area contributed by atoms with E-state index in [1.165, 1.54) is 19.6 Å². The van der Waals surface area contributed by atoms with Gasteiger partial charge in [0.15, 0.2) is 0 Å². The number of hydrogen-bond acceptors (Lipinski definition) is 6. The monoisotopic (exact) mass is 437 g/mol. The molecule has 1 aromatic carbocycles. The lowest BCUT2D eigenvalue weighted by Gasteiger charge is -2.50. The molecule has 0 atom stereocenters. The molecule has 3 aromatic rings. The minimum absolute atomic E-state index is 0.117. The second-order valence-corrected chi connectivity index (χ2v) is 8.30. The Morgan fingerprint density at radius 1 is 1.23 bits per heavy atom. The summed E-state index contributed by atoms with van der Waals surface area (Å²) in [7, 11) is 1.53. The quantitative estimate of drug-likeness (QED) is 0.586. The van der Waals surface area contributed by atoms with Crippen molar-refractivity contribution in [3.63, 3.8) is 0 Å². The summed E-state index contributed by atoms with van der Waals surface area (Å²) in [5.41, 5.74) is 1.92. The minimum atomic E-state index is -0.740. The molecule has 1 aliphatic rings. The summed E-state index contributed by atoms with van der Waals surface area (Å²) < 4.78 is 5.38. The number of anilines is 2. The van der Waals surface area contributed by atoms with E-state index in [0.717, 1.165) is 16.9 Å². The Labute approximate surface area is 186 Å². The Balaban J connectivity index is 1.71. The van der Waals surface area contributed by atoms with Crippen LogP contribution in [0.25, 0.3) is 0 Å². The van der Waals surface area contributed by atoms with E-state index >= 15 is 0 Å². The average Bonchev–Trinajstić information content (AvgIpc) is 2.75. The van der Waals surface area contributed by atoms with Gasteiger partial charge in [-0.1, -0.05) is 49.7 Å². The summed E-state index contributed by atoms with van der Waals surface area (Å²) in [4.78, 5) is 28.2. The normalized spacial score (nSPS) is 14.8. The topological polar surface area (TPSA) is 80.2 Å². The first-order chi connectivity index (χ1) is 14.9. The van der Waals surface area contributed by atoms with Crippen molar-refractivity contribution < 1.29 is 9.53 Å². The number of hydrogen-bond donors (Lipinski definition) is 1. The average molecular weight is 438 g/mol. The van der Waals surface area contributed by atoms with Crippen LogP contribution in [0, 0.1) is 0 Å². The molecule has 1 fully saturated rings. The number of ether oxygens (including phenoxy) is 1. The van der Waals surface area contributed by atoms with E-state index in [9.17, 15) is 4.79 Å². The van der Waals surface area contributed by atoms with Gasteiger partial charge in [0.1, 0.15) is 34.2 Å². The van der Waals surface area contributed by atoms with Gasteiger partial charge in [0.2, 0.25) is 5.91 Å². The Morgan fingerprint density at radius 2 is 2.00 bits per heavy atom. The molecule has 0 aliphatic carbocycles. The molecule has 4 rings (SSSR count). The van der Waals surface area contributed by atoms with Crippen molar-refractivity contribution in [2.75, 3.05) is 30.4 Å². The number of benzene rings is 1. The molecular weight excluding hydrogens is 414 g/mol. The number of carbonyl (C=O) groups is 1. The number of rotatable bonds is 6. The van der Waals surface area contributed by atoms with Crippen LogP contribution in [0.4, 0.5) is 11.5 Å². The van der Waals surface area contributed by atoms with Crippen LogP contribution in [-0.4, -0.2) is 41.1 Å². The molecule has 0 spiro atoms. The van der Waals surface area contributed by atoms with Crippen LogP contribution < -0.4 is 15.0 Å². The lowest BCUT2D eigenvalue weighted by Crippen LogP contribution is -2.65. The minimum Gasteiger partial charge on any atom is -0.494 e. The van der Waals surface area contributed by atoms with Gasteiger partial charge in [0, 0.05) is 25.4 Å². The van der Waals surface area contributed by atoms with Crippen LogP contribution in [-0.2, 0) is 10.2 Å². The first-order valence-corrected chi connectivity index (χ1v) is 10.4. The predicted octanol–water partition coefficient (Wildman–Crippen LogP) is 4.05. The summed E-state index contributed by atoms with van der Waals surface area (Å²) >= 11 is 5.98. The number of nitrogens with zero attached hydrogens (tertiary/aromatic N) is 4. The maximum Gasteiger partial charge on any atom is 0.238 e. The van der Waals surface area contributed by atoms with Crippen molar-refractivity contribution in [2.24, 2.45) is 0 Å². The Bertz CT molecular complexity index is 1080. The molecule has 1 amide bonds. The maximum absolute atomic E-state index is 13.7. The number of amides is 1. The Morgan fingerprint density at radius 3 is 2.68 bits per heavy atom. The molecule has 160 valence electrons. The van der Waals surface area contributed by atoms with Crippen LogP contribution in [0.2, 0.25) is 5.15 Å². The molecule has 3 heterocycles. The third-order valence-electron chi connectivity index (χ3n) is 5.65. The van der Waals surface area contributed by atoms with Crippen LogP contribution in [0.1, 0.15) is 30.9 Å². The number of methoxy groups -OCH3 is 1. The lowest BCUT2D eigenvalue weighted by atomic mass is 9.69. The summed E-state index contributed by atoms with van der Waals surface area (Å²) in [5, 5.41) is 3.32. The van der Waals surface area contributed by atoms with E-state index in [1.54, 1.807) is 12.3 Å². The Hall–Kier alpha value is -3.19. The number of aromatic nitrogens is 3. The van der Waals surface area contributed by atoms with Gasteiger partial charge in [-0.25, -0.2) is 15.0 Å². The highest BCUT2D eigenvalue weighted by atomic mass is 35.5. The number of carbonyl (C=O) groups excluding carboxylic acids is 1. The second-order valence-electron chi connectivity index (χ2n) is 7.91. The highest BCUT2D eigenvalue weighted by Crippen LogP contribution is 2.41. The van der Waals surface area contributed by atoms with E-state index in [4.69, 9.17) is 16.3 Å². The molecule has 1 aliphatic heterocycles. The lowest BCUT2D eigenvalue weighted by molar-refractivity contribution is -0.122. The zero-order valence-electron chi connectivity index (χ0n) is 17.7. The summed E-state index contributed by atoms with van der Waals surface area (Å²) in [5.74, 6) is 1.42. The van der Waals surface area contributed by atoms with E-state index in [-0.39, 0.29) is 11.8 Å². The molecule has 0 saturated carbocycles. The molecule has 2 aromatic heterocycles. The SMILES string of the molecule is COc1cc(Cl)ncc1NC(=O)C1(c2ccccc2C(C)C)CN(c2ccncn2)C1. The molecule has 7 nitrogen and oxygen atoms in total. The molecular formula is C23H24ClN5O2. The molecule has 0 bridgehead atoms. The zero-order chi connectivity index (χ0) is 22.0. The predicted molar refractivity (Wildman–Crippen MR) is 121 cm³/mol. The van der Waals surface area contributed by atoms with Crippen molar-refractivity contribution in [2.45, 2.75) is 25.2 Å². The van der Waals surface area contributed by atoms with Crippen molar-refractivity contribution in [3.8, 4) is 5.75 Å². The molecule has 0 radical (unpaired) electrons. The van der Waals surface area contributed by atoms with Gasteiger partial charge >= 0.3 is 0 Å². The van der Waals surface area contributed by atoms with Crippen molar-refractivity contribution in [1.29, 1.82) is 0 Å². The second kappa shape index (κ2) is 8.51. The standard InChI is InChI=1S/C23H24ClN5O2/c1-15(2)16-6-4-5-7-17(16)23(12-29(13-23)21-8-9-25-14-27-21)22(30)28-18-11-26-20(24)10-19(18)31-3/h4-11,14-15H,12-13H2,1-3H3,(H,28,30). The van der Waals surface area contributed by atoms with Crippen LogP contribution in [0.3, 0.4) is 0 Å². The summed E-state index contributed by atoms with van der Waals surface area (Å²) in [6.07, 6.45) is 4.73. The fourth-order valence-corrected chi connectivity index (χ4v) is 4.18. The fraction of sp³-hybridized carbons (Fsp3) is 0.304. The van der Waals surface area contributed by atoms with Crippen LogP contribution >= 0.6 is 11.6 Å². The van der Waals surface area contributed by atoms with Crippen molar-refractivity contribution in [1.82, 2.24) is 15.0 Å². The van der Waals surface area contributed by atoms with Gasteiger partial charge in [0.25, 0.3) is 0 Å². The van der Waals surface area contributed by atoms with Gasteiger partial charge in [-0.2, -0.15) is 0 Å². The Kier molecular flexibility index (Phi) is 5.78. The maximum atomic E-state index is 13.7. The molecule has 0 unspecified atom stereocenters. The van der Waals surface area contributed by atoms with Crippen molar-refractivity contribution in [3.05, 3.63) is 71.4 Å². The fourth-order valence-electron chi connectivity index (χ4n) is 4.03. The largest absolute Gasteiger partial charge is 0.494 e. The molecule has 8 heteroatoms. The van der Waals surface area contributed by atoms with Crippen molar-refractivity contribution >= 4 is 29.0 Å². The summed E-state index contributed by atoms with van der Waals surface area (Å²) in [6.45, 7) is 5.28. The van der Waals surface area contributed by atoms with Gasteiger partial charge in [-0.15, -0.1) is 0 Å². The van der Waals surface area contributed by atoms with E-state index < -0.39 is 5.41 Å². The number of halogens is 1. The highest BCUT2D eigenvalue weighted by molar-refractivity contribution is 6.29. The molecule has 1 saturated heterocycles. The summed E-state index contributed by atoms with van der Waals surface area (Å²) in [6, 6.07) is 11.6. The van der Waals surface area contributed by atoms with Crippen LogP contribution in [0.5, 0.6) is 5.75 Å². The first-order valence-electron chi connectivity index (χ1n) is 10.1. The van der Waals surface area contributed by atoms with E-state index in [1.807, 2.05) is 24.3 Å². The number of nitrogens with one attached hydrogen (secondary N) is 1. The zero-order valence-corrected chi connectivity index (χ0v) is 18.4. The van der Waals surface area contributed by atoms with Gasteiger partial charge in [0.05, 0.1) is 13.3 Å². The van der Waals surface area contributed by atoms with Gasteiger partial charge < -0.3 is 15.0 Å². The molecule has 1 N–H and O–H groups in total. The third kappa shape index (κ3) is 3.93. The number of pyridine rings is 1. The van der Waals surface area contributed by atoms with Gasteiger partial charge in [-0.3, -0.25) is 4.79 Å². The third-order valence-corrected chi connectivity index (χ3v) is 5.85. The van der Waals surface area contributed by atoms with Gasteiger partial charge in [-0.05, 0) is 23.1 Å². The first kappa shape index (κ1) is 21.1. The van der Waals surface area contributed by atoms with E-state index in [2.05, 4.69) is 45.1 Å². The molecule has 31 heavy (non-hydrogen) atoms. The highest BCUT2D eigenvalue weighted by Gasteiger charge is 2.52. The van der Waals surface area contributed by atoms with Crippen LogP contribution in [0.15, 0.2) is 55.1 Å².